The summed E-state index contributed by atoms with van der Waals surface area (Å²) in [6, 6.07) is 13.5. The maximum absolute atomic E-state index is 14.0. The highest BCUT2D eigenvalue weighted by Crippen LogP contribution is 2.39. The maximum atomic E-state index is 14.0. The van der Waals surface area contributed by atoms with Crippen LogP contribution in [0.4, 0.5) is 17.6 Å². The van der Waals surface area contributed by atoms with Gasteiger partial charge in [0.05, 0.1) is 10.9 Å². The highest BCUT2D eigenvalue weighted by atomic mass is 127. The minimum atomic E-state index is -5.06. The highest BCUT2D eigenvalue weighted by molar-refractivity contribution is 14.1. The summed E-state index contributed by atoms with van der Waals surface area (Å²) in [5.74, 6) is -4.65. The Morgan fingerprint density at radius 1 is 1.06 bits per heavy atom. The van der Waals surface area contributed by atoms with Crippen molar-refractivity contribution in [2.24, 2.45) is 0 Å². The molecule has 0 aliphatic heterocycles. The van der Waals surface area contributed by atoms with E-state index in [1.807, 2.05) is 22.6 Å². The van der Waals surface area contributed by atoms with Crippen LogP contribution in [0.5, 0.6) is 17.2 Å². The Balaban J connectivity index is 1.84. The van der Waals surface area contributed by atoms with Gasteiger partial charge in [0.2, 0.25) is 11.2 Å². The van der Waals surface area contributed by atoms with Crippen LogP contribution in [0, 0.1) is 9.39 Å². The van der Waals surface area contributed by atoms with Crippen LogP contribution in [-0.2, 0) is 12.6 Å². The number of esters is 1. The van der Waals surface area contributed by atoms with Crippen LogP contribution in [0.2, 0.25) is 0 Å². The summed E-state index contributed by atoms with van der Waals surface area (Å²) in [6.45, 7) is 1.69. The number of ether oxygens (including phenoxy) is 2. The molecular formula is C25H15F4IO5. The summed E-state index contributed by atoms with van der Waals surface area (Å²) in [7, 11) is 0. The average Bonchev–Trinajstić information content (AvgIpc) is 2.81. The predicted molar refractivity (Wildman–Crippen MR) is 127 cm³/mol. The van der Waals surface area contributed by atoms with Gasteiger partial charge in [-0.2, -0.15) is 13.2 Å². The largest absolute Gasteiger partial charge is 0.453 e. The van der Waals surface area contributed by atoms with Crippen molar-refractivity contribution < 1.29 is 36.2 Å². The Morgan fingerprint density at radius 3 is 2.37 bits per heavy atom. The quantitative estimate of drug-likeness (QED) is 0.106. The number of rotatable bonds is 5. The molecule has 0 fully saturated rings. The maximum Gasteiger partial charge on any atom is 0.453 e. The summed E-state index contributed by atoms with van der Waals surface area (Å²) in [4.78, 5) is 25.5. The van der Waals surface area contributed by atoms with Crippen molar-refractivity contribution in [3.05, 3.63) is 97.2 Å². The fourth-order valence-corrected chi connectivity index (χ4v) is 3.66. The van der Waals surface area contributed by atoms with Crippen LogP contribution in [-0.4, -0.2) is 5.97 Å². The van der Waals surface area contributed by atoms with E-state index in [9.17, 15) is 27.2 Å². The molecule has 3 aromatic carbocycles. The molecule has 0 radical (unpaired) electrons. The number of carbonyl (C=O) groups is 1. The first-order valence-electron chi connectivity index (χ1n) is 10.2. The van der Waals surface area contributed by atoms with Crippen LogP contribution in [0.3, 0.4) is 0 Å². The molecule has 1 heterocycles. The zero-order chi connectivity index (χ0) is 25.3. The second-order valence-electron chi connectivity index (χ2n) is 7.32. The van der Waals surface area contributed by atoms with Gasteiger partial charge in [0.1, 0.15) is 22.9 Å². The van der Waals surface area contributed by atoms with Crippen molar-refractivity contribution in [3.8, 4) is 17.2 Å². The Hall–Kier alpha value is -3.41. The van der Waals surface area contributed by atoms with Gasteiger partial charge in [-0.05, 0) is 77.0 Å². The Labute approximate surface area is 209 Å². The lowest BCUT2D eigenvalue weighted by molar-refractivity contribution is -0.154. The van der Waals surface area contributed by atoms with Crippen LogP contribution in [0.1, 0.15) is 28.6 Å². The van der Waals surface area contributed by atoms with Gasteiger partial charge in [-0.25, -0.2) is 9.18 Å². The normalized spacial score (nSPS) is 11.5. The molecule has 1 aromatic heterocycles. The molecule has 10 heteroatoms. The van der Waals surface area contributed by atoms with Crippen LogP contribution in [0.25, 0.3) is 11.0 Å². The molecule has 0 aliphatic carbocycles. The number of benzene rings is 3. The van der Waals surface area contributed by atoms with E-state index in [1.54, 1.807) is 19.1 Å². The van der Waals surface area contributed by atoms with Crippen molar-refractivity contribution in [2.45, 2.75) is 19.5 Å². The SMILES string of the molecule is CCc1cc2c(=O)c(Oc3ccc(I)cc3)c(C(F)(F)F)oc2cc1OC(=O)c1ccccc1F. The first kappa shape index (κ1) is 24.7. The number of aryl methyl sites for hydroxylation is 1. The summed E-state index contributed by atoms with van der Waals surface area (Å²) >= 11 is 2.02. The minimum Gasteiger partial charge on any atom is -0.449 e. The van der Waals surface area contributed by atoms with E-state index < -0.39 is 40.5 Å². The van der Waals surface area contributed by atoms with Crippen molar-refractivity contribution in [3.63, 3.8) is 0 Å². The van der Waals surface area contributed by atoms with Crippen molar-refractivity contribution >= 4 is 39.5 Å². The number of alkyl halides is 3. The molecule has 0 amide bonds. The molecule has 0 bridgehead atoms. The summed E-state index contributed by atoms with van der Waals surface area (Å²) in [5.41, 5.74) is -1.53. The summed E-state index contributed by atoms with van der Waals surface area (Å²) in [5, 5.41) is -0.193. The fraction of sp³-hybridized carbons (Fsp3) is 0.120. The van der Waals surface area contributed by atoms with Gasteiger partial charge in [0.25, 0.3) is 5.76 Å². The van der Waals surface area contributed by atoms with Gasteiger partial charge in [0.15, 0.2) is 0 Å². The number of hydrogen-bond acceptors (Lipinski definition) is 5. The van der Waals surface area contributed by atoms with E-state index >= 15 is 0 Å². The standard InChI is InChI=1S/C25H15F4IO5/c1-2-13-11-17-20(12-19(13)35-24(32)16-5-3-4-6-18(16)26)34-23(25(27,28)29)22(21(17)31)33-15-9-7-14(30)8-10-15/h3-12H,2H2,1H3. The topological polar surface area (TPSA) is 65.7 Å². The smallest absolute Gasteiger partial charge is 0.449 e. The molecule has 0 aliphatic rings. The molecule has 0 spiro atoms. The zero-order valence-electron chi connectivity index (χ0n) is 17.9. The third-order valence-corrected chi connectivity index (χ3v) is 5.72. The van der Waals surface area contributed by atoms with E-state index in [0.717, 1.165) is 15.7 Å². The van der Waals surface area contributed by atoms with Gasteiger partial charge < -0.3 is 13.9 Å². The monoisotopic (exact) mass is 598 g/mol. The molecular weight excluding hydrogens is 583 g/mol. The second kappa shape index (κ2) is 9.68. The highest BCUT2D eigenvalue weighted by Gasteiger charge is 2.40. The lowest BCUT2D eigenvalue weighted by atomic mass is 10.1. The van der Waals surface area contributed by atoms with E-state index in [0.29, 0.717) is 5.56 Å². The zero-order valence-corrected chi connectivity index (χ0v) is 20.1. The Kier molecular flexibility index (Phi) is 6.84. The molecule has 5 nitrogen and oxygen atoms in total. The lowest BCUT2D eigenvalue weighted by Crippen LogP contribution is -2.16. The van der Waals surface area contributed by atoms with E-state index in [-0.39, 0.29) is 28.9 Å². The Bertz CT molecular complexity index is 1480. The summed E-state index contributed by atoms with van der Waals surface area (Å²) < 4.78 is 71.8. The number of hydrogen-bond donors (Lipinski definition) is 0. The molecule has 0 atom stereocenters. The minimum absolute atomic E-state index is 0.0220. The number of fused-ring (bicyclic) bond motifs is 1. The van der Waals surface area contributed by atoms with Crippen molar-refractivity contribution in [1.29, 1.82) is 0 Å². The first-order valence-corrected chi connectivity index (χ1v) is 11.3. The molecule has 35 heavy (non-hydrogen) atoms. The lowest BCUT2D eigenvalue weighted by Gasteiger charge is -2.15. The fourth-order valence-electron chi connectivity index (χ4n) is 3.30. The molecule has 4 aromatic rings. The Morgan fingerprint density at radius 2 is 1.74 bits per heavy atom. The number of halogens is 5. The van der Waals surface area contributed by atoms with E-state index in [1.165, 1.54) is 36.4 Å². The number of carbonyl (C=O) groups excluding carboxylic acids is 1. The second-order valence-corrected chi connectivity index (χ2v) is 8.57. The van der Waals surface area contributed by atoms with Crippen LogP contribution in [0.15, 0.2) is 69.9 Å². The molecule has 4 rings (SSSR count). The van der Waals surface area contributed by atoms with Gasteiger partial charge in [-0.3, -0.25) is 4.79 Å². The van der Waals surface area contributed by atoms with Crippen LogP contribution >= 0.6 is 22.6 Å². The van der Waals surface area contributed by atoms with Gasteiger partial charge >= 0.3 is 12.1 Å². The third-order valence-electron chi connectivity index (χ3n) is 5.00. The molecule has 0 N–H and O–H groups in total. The summed E-state index contributed by atoms with van der Waals surface area (Å²) in [6.07, 6.45) is -4.80. The van der Waals surface area contributed by atoms with Crippen molar-refractivity contribution in [1.82, 2.24) is 0 Å². The van der Waals surface area contributed by atoms with E-state index in [4.69, 9.17) is 13.9 Å². The molecule has 0 saturated heterocycles. The average molecular weight is 598 g/mol. The van der Waals surface area contributed by atoms with Gasteiger partial charge in [0, 0.05) is 9.64 Å². The van der Waals surface area contributed by atoms with Gasteiger partial charge in [-0.15, -0.1) is 0 Å². The predicted octanol–water partition coefficient (Wildman–Crippen LogP) is 7.13. The van der Waals surface area contributed by atoms with Crippen LogP contribution < -0.4 is 14.9 Å². The molecule has 0 saturated carbocycles. The van der Waals surface area contributed by atoms with Crippen molar-refractivity contribution in [2.75, 3.05) is 0 Å². The van der Waals surface area contributed by atoms with Gasteiger partial charge in [-0.1, -0.05) is 19.1 Å². The molecule has 180 valence electrons. The molecule has 0 unspecified atom stereocenters. The first-order chi connectivity index (χ1) is 16.6. The third kappa shape index (κ3) is 5.16. The van der Waals surface area contributed by atoms with E-state index in [2.05, 4.69) is 0 Å².